The van der Waals surface area contributed by atoms with E-state index in [1.54, 1.807) is 18.0 Å². The van der Waals surface area contributed by atoms with Crippen molar-refractivity contribution in [2.45, 2.75) is 11.6 Å². The molecule has 1 aromatic carbocycles. The lowest BCUT2D eigenvalue weighted by Crippen LogP contribution is -1.99. The van der Waals surface area contributed by atoms with Crippen LogP contribution in [0.1, 0.15) is 5.56 Å². The van der Waals surface area contributed by atoms with E-state index in [-0.39, 0.29) is 0 Å². The lowest BCUT2D eigenvalue weighted by Gasteiger charge is -2.09. The molecule has 0 aliphatic carbocycles. The summed E-state index contributed by atoms with van der Waals surface area (Å²) in [5.74, 6) is 0.748. The largest absolute Gasteiger partial charge is 0.339 e. The number of hydrogen-bond donors (Lipinski definition) is 2. The zero-order valence-corrected chi connectivity index (χ0v) is 13.8. The molecule has 4 aromatic rings. The first kappa shape index (κ1) is 14.7. The highest BCUT2D eigenvalue weighted by molar-refractivity contribution is 7.98. The van der Waals surface area contributed by atoms with Crippen LogP contribution in [0, 0.1) is 0 Å². The van der Waals surface area contributed by atoms with Gasteiger partial charge in [0.05, 0.1) is 11.7 Å². The van der Waals surface area contributed by atoms with Crippen LogP contribution in [0.4, 0.5) is 11.5 Å². The molecule has 0 amide bonds. The molecule has 0 atom stereocenters. The van der Waals surface area contributed by atoms with Crippen LogP contribution in [-0.2, 0) is 6.54 Å². The fourth-order valence-electron chi connectivity index (χ4n) is 2.55. The van der Waals surface area contributed by atoms with E-state index in [1.807, 2.05) is 35.5 Å². The average Bonchev–Trinajstić information content (AvgIpc) is 3.25. The Morgan fingerprint density at radius 2 is 2.25 bits per heavy atom. The van der Waals surface area contributed by atoms with Crippen LogP contribution in [0.3, 0.4) is 0 Å². The van der Waals surface area contributed by atoms with Crippen molar-refractivity contribution in [3.8, 4) is 0 Å². The number of imidazole rings is 1. The minimum absolute atomic E-state index is 0.728. The van der Waals surface area contributed by atoms with Gasteiger partial charge in [-0.05, 0) is 24.0 Å². The molecular formula is C16H15N7S. The van der Waals surface area contributed by atoms with Gasteiger partial charge in [0.15, 0.2) is 5.65 Å². The molecule has 0 radical (unpaired) electrons. The second-order valence-electron chi connectivity index (χ2n) is 5.24. The van der Waals surface area contributed by atoms with E-state index < -0.39 is 0 Å². The lowest BCUT2D eigenvalue weighted by atomic mass is 10.2. The molecule has 3 aromatic heterocycles. The number of aromatic nitrogens is 6. The molecule has 8 heteroatoms. The van der Waals surface area contributed by atoms with E-state index in [2.05, 4.69) is 42.6 Å². The van der Waals surface area contributed by atoms with Crippen LogP contribution in [-0.4, -0.2) is 36.0 Å². The molecule has 0 fully saturated rings. The number of benzene rings is 1. The molecular weight excluding hydrogens is 322 g/mol. The Kier molecular flexibility index (Phi) is 3.87. The number of thioether (sulfide) groups is 1. The van der Waals surface area contributed by atoms with Gasteiger partial charge in [0.2, 0.25) is 0 Å². The maximum absolute atomic E-state index is 4.38. The van der Waals surface area contributed by atoms with Crippen LogP contribution in [0.15, 0.2) is 54.3 Å². The minimum Gasteiger partial charge on any atom is -0.339 e. The summed E-state index contributed by atoms with van der Waals surface area (Å²) in [7, 11) is 0. The first-order valence-electron chi connectivity index (χ1n) is 7.38. The normalized spacial score (nSPS) is 11.0. The molecule has 0 aliphatic rings. The van der Waals surface area contributed by atoms with E-state index in [9.17, 15) is 0 Å². The Bertz CT molecular complexity index is 962. The highest BCUT2D eigenvalue weighted by Gasteiger charge is 2.12. The predicted octanol–water partition coefficient (Wildman–Crippen LogP) is 3.06. The number of rotatable bonds is 5. The fraction of sp³-hybridized carbons (Fsp3) is 0.125. The minimum atomic E-state index is 0.728. The molecule has 0 aliphatic heterocycles. The molecule has 0 saturated heterocycles. The Balaban J connectivity index is 1.65. The number of anilines is 2. The Hall–Kier alpha value is -2.87. The summed E-state index contributed by atoms with van der Waals surface area (Å²) in [6.45, 7) is 0.774. The van der Waals surface area contributed by atoms with E-state index in [1.165, 1.54) is 11.9 Å². The van der Waals surface area contributed by atoms with Crippen LogP contribution < -0.4 is 5.32 Å². The van der Waals surface area contributed by atoms with Crippen molar-refractivity contribution in [3.63, 3.8) is 0 Å². The molecule has 3 heterocycles. The molecule has 4 rings (SSSR count). The number of H-pyrrole nitrogens is 1. The van der Waals surface area contributed by atoms with Gasteiger partial charge in [0.1, 0.15) is 17.2 Å². The van der Waals surface area contributed by atoms with Crippen molar-refractivity contribution in [1.29, 1.82) is 0 Å². The van der Waals surface area contributed by atoms with Crippen LogP contribution >= 0.6 is 11.8 Å². The highest BCUT2D eigenvalue weighted by Crippen LogP contribution is 2.29. The van der Waals surface area contributed by atoms with Gasteiger partial charge in [0.25, 0.3) is 0 Å². The van der Waals surface area contributed by atoms with Crippen molar-refractivity contribution in [1.82, 2.24) is 29.7 Å². The summed E-state index contributed by atoms with van der Waals surface area (Å²) in [5, 5.41) is 12.4. The third kappa shape index (κ3) is 2.83. The maximum Gasteiger partial charge on any atom is 0.161 e. The zero-order valence-electron chi connectivity index (χ0n) is 13.0. The van der Waals surface area contributed by atoms with Crippen LogP contribution in [0.25, 0.3) is 11.0 Å². The highest BCUT2D eigenvalue weighted by atomic mass is 32.2. The van der Waals surface area contributed by atoms with E-state index in [0.717, 1.165) is 34.1 Å². The Morgan fingerprint density at radius 3 is 3.08 bits per heavy atom. The molecule has 7 nitrogen and oxygen atoms in total. The number of aromatic amines is 1. The second kappa shape index (κ2) is 6.32. The van der Waals surface area contributed by atoms with Gasteiger partial charge in [-0.1, -0.05) is 12.1 Å². The average molecular weight is 337 g/mol. The molecule has 0 saturated carbocycles. The van der Waals surface area contributed by atoms with Gasteiger partial charge in [-0.2, -0.15) is 5.10 Å². The first-order valence-corrected chi connectivity index (χ1v) is 8.61. The number of nitrogens with one attached hydrogen (secondary N) is 2. The van der Waals surface area contributed by atoms with E-state index in [0.29, 0.717) is 0 Å². The van der Waals surface area contributed by atoms with Gasteiger partial charge in [0, 0.05) is 24.6 Å². The van der Waals surface area contributed by atoms with Crippen molar-refractivity contribution < 1.29 is 0 Å². The van der Waals surface area contributed by atoms with E-state index in [4.69, 9.17) is 0 Å². The maximum atomic E-state index is 4.38. The Labute approximate surface area is 142 Å². The molecule has 24 heavy (non-hydrogen) atoms. The summed E-state index contributed by atoms with van der Waals surface area (Å²) >= 11 is 1.56. The van der Waals surface area contributed by atoms with Gasteiger partial charge in [-0.25, -0.2) is 15.0 Å². The molecule has 2 N–H and O–H groups in total. The Morgan fingerprint density at radius 1 is 1.29 bits per heavy atom. The van der Waals surface area contributed by atoms with Gasteiger partial charge in [-0.3, -0.25) is 5.10 Å². The molecule has 0 spiro atoms. The van der Waals surface area contributed by atoms with Gasteiger partial charge >= 0.3 is 0 Å². The second-order valence-corrected chi connectivity index (χ2v) is 6.03. The lowest BCUT2D eigenvalue weighted by molar-refractivity contribution is 0.797. The summed E-state index contributed by atoms with van der Waals surface area (Å²) in [6.07, 6.45) is 9.05. The monoisotopic (exact) mass is 337 g/mol. The SMILES string of the molecule is CSc1n[nH]c2ncnc(Nc3cccc(Cn4ccnc4)c3)c12. The van der Waals surface area contributed by atoms with Crippen LogP contribution in [0.5, 0.6) is 0 Å². The van der Waals surface area contributed by atoms with Crippen molar-refractivity contribution >= 4 is 34.3 Å². The summed E-state index contributed by atoms with van der Waals surface area (Å²) in [6, 6.07) is 8.24. The summed E-state index contributed by atoms with van der Waals surface area (Å²) < 4.78 is 2.03. The van der Waals surface area contributed by atoms with Crippen molar-refractivity contribution in [2.24, 2.45) is 0 Å². The van der Waals surface area contributed by atoms with Gasteiger partial charge in [-0.15, -0.1) is 11.8 Å². The zero-order chi connectivity index (χ0) is 16.4. The predicted molar refractivity (Wildman–Crippen MR) is 94.5 cm³/mol. The third-order valence-electron chi connectivity index (χ3n) is 3.63. The van der Waals surface area contributed by atoms with E-state index >= 15 is 0 Å². The summed E-state index contributed by atoms with van der Waals surface area (Å²) in [4.78, 5) is 12.7. The van der Waals surface area contributed by atoms with Crippen molar-refractivity contribution in [2.75, 3.05) is 11.6 Å². The summed E-state index contributed by atoms with van der Waals surface area (Å²) in [5.41, 5.74) is 2.88. The topological polar surface area (TPSA) is 84.3 Å². The number of fused-ring (bicyclic) bond motifs is 1. The molecule has 120 valence electrons. The molecule has 0 bridgehead atoms. The van der Waals surface area contributed by atoms with Crippen LogP contribution in [0.2, 0.25) is 0 Å². The number of hydrogen-bond acceptors (Lipinski definition) is 6. The first-order chi connectivity index (χ1) is 11.8. The van der Waals surface area contributed by atoms with Crippen molar-refractivity contribution in [3.05, 3.63) is 54.9 Å². The standard InChI is InChI=1S/C16H15N7S/c1-24-16-13-14(18-9-19-15(13)21-22-16)20-12-4-2-3-11(7-12)8-23-6-5-17-10-23/h2-7,9-10H,8H2,1H3,(H2,18,19,20,21,22). The number of nitrogens with zero attached hydrogens (tertiary/aromatic N) is 5. The fourth-order valence-corrected chi connectivity index (χ4v) is 3.08. The van der Waals surface area contributed by atoms with Gasteiger partial charge < -0.3 is 9.88 Å². The quantitative estimate of drug-likeness (QED) is 0.545. The molecule has 0 unspecified atom stereocenters. The third-order valence-corrected chi connectivity index (χ3v) is 4.31. The smallest absolute Gasteiger partial charge is 0.161 e.